The molecule has 18 heavy (non-hydrogen) atoms. The number of benzene rings is 1. The summed E-state index contributed by atoms with van der Waals surface area (Å²) in [6.45, 7) is 4.43. The number of hydrogen-bond donors (Lipinski definition) is 1. The van der Waals surface area contributed by atoms with Crippen LogP contribution in [0.4, 0.5) is 0 Å². The average Bonchev–Trinajstić information content (AvgIpc) is 2.38. The van der Waals surface area contributed by atoms with Crippen LogP contribution in [0.2, 0.25) is 0 Å². The van der Waals surface area contributed by atoms with Crippen LogP contribution in [0.25, 0.3) is 0 Å². The van der Waals surface area contributed by atoms with Crippen molar-refractivity contribution in [2.45, 2.75) is 39.5 Å². The van der Waals surface area contributed by atoms with Crippen LogP contribution in [-0.2, 0) is 6.42 Å². The van der Waals surface area contributed by atoms with E-state index in [0.717, 1.165) is 25.7 Å². The van der Waals surface area contributed by atoms with Crippen molar-refractivity contribution < 1.29 is 5.11 Å². The van der Waals surface area contributed by atoms with E-state index in [1.165, 1.54) is 16.7 Å². The summed E-state index contributed by atoms with van der Waals surface area (Å²) >= 11 is 0. The highest BCUT2D eigenvalue weighted by Gasteiger charge is 1.94. The van der Waals surface area contributed by atoms with Crippen molar-refractivity contribution in [2.75, 3.05) is 6.61 Å². The van der Waals surface area contributed by atoms with E-state index in [9.17, 15) is 0 Å². The average molecular weight is 244 g/mol. The Morgan fingerprint density at radius 1 is 1.00 bits per heavy atom. The van der Waals surface area contributed by atoms with E-state index in [1.807, 2.05) is 6.08 Å². The predicted octanol–water partition coefficient (Wildman–Crippen LogP) is 4.28. The third kappa shape index (κ3) is 6.41. The molecule has 1 N–H and O–H groups in total. The summed E-state index contributed by atoms with van der Waals surface area (Å²) in [5, 5.41) is 8.76. The van der Waals surface area contributed by atoms with Crippen LogP contribution >= 0.6 is 0 Å². The van der Waals surface area contributed by atoms with Crippen LogP contribution in [0.5, 0.6) is 0 Å². The topological polar surface area (TPSA) is 20.2 Å². The monoisotopic (exact) mass is 244 g/mol. The molecule has 1 heteroatoms. The lowest BCUT2D eigenvalue weighted by Crippen LogP contribution is -1.87. The number of allylic oxidation sites excluding steroid dienone is 3. The minimum Gasteiger partial charge on any atom is -0.392 e. The fraction of sp³-hybridized carbons (Fsp3) is 0.412. The Labute approximate surface area is 111 Å². The molecule has 1 aromatic carbocycles. The molecule has 0 aliphatic carbocycles. The first-order valence-electron chi connectivity index (χ1n) is 6.68. The molecule has 0 amide bonds. The van der Waals surface area contributed by atoms with Crippen LogP contribution in [0.3, 0.4) is 0 Å². The van der Waals surface area contributed by atoms with Gasteiger partial charge in [-0.25, -0.2) is 0 Å². The molecule has 1 nitrogen and oxygen atoms in total. The number of aliphatic hydroxyl groups is 1. The van der Waals surface area contributed by atoms with E-state index in [4.69, 9.17) is 5.11 Å². The number of hydrogen-bond acceptors (Lipinski definition) is 1. The molecule has 0 bridgehead atoms. The molecule has 1 aromatic rings. The summed E-state index contributed by atoms with van der Waals surface area (Å²) in [6.07, 6.45) is 8.57. The lowest BCUT2D eigenvalue weighted by atomic mass is 10.0. The maximum absolute atomic E-state index is 8.76. The van der Waals surface area contributed by atoms with Gasteiger partial charge in [0.05, 0.1) is 6.61 Å². The van der Waals surface area contributed by atoms with Crippen molar-refractivity contribution in [2.24, 2.45) is 0 Å². The minimum atomic E-state index is 0.155. The maximum Gasteiger partial charge on any atom is 0.0614 e. The molecular weight excluding hydrogens is 220 g/mol. The Hall–Kier alpha value is -1.34. The van der Waals surface area contributed by atoms with Gasteiger partial charge < -0.3 is 5.11 Å². The first-order chi connectivity index (χ1) is 8.72. The minimum absolute atomic E-state index is 0.155. The van der Waals surface area contributed by atoms with Crippen LogP contribution < -0.4 is 0 Å². The molecule has 0 spiro atoms. The molecule has 0 aliphatic rings. The first-order valence-corrected chi connectivity index (χ1v) is 6.68. The van der Waals surface area contributed by atoms with E-state index in [-0.39, 0.29) is 6.61 Å². The molecule has 1 rings (SSSR count). The van der Waals surface area contributed by atoms with Gasteiger partial charge in [0.15, 0.2) is 0 Å². The molecule has 0 heterocycles. The molecule has 98 valence electrons. The molecule has 0 saturated carbocycles. The molecule has 0 aromatic heterocycles. The van der Waals surface area contributed by atoms with Gasteiger partial charge in [-0.15, -0.1) is 0 Å². The summed E-state index contributed by atoms with van der Waals surface area (Å²) in [4.78, 5) is 0. The largest absolute Gasteiger partial charge is 0.392 e. The molecule has 0 fully saturated rings. The summed E-state index contributed by atoms with van der Waals surface area (Å²) in [6, 6.07) is 10.6. The summed E-state index contributed by atoms with van der Waals surface area (Å²) in [5.74, 6) is 0. The van der Waals surface area contributed by atoms with Gasteiger partial charge in [0.2, 0.25) is 0 Å². The predicted molar refractivity (Wildman–Crippen MR) is 78.6 cm³/mol. The molecule has 0 atom stereocenters. The van der Waals surface area contributed by atoms with Gasteiger partial charge in [-0.1, -0.05) is 53.6 Å². The van der Waals surface area contributed by atoms with Crippen molar-refractivity contribution >= 4 is 0 Å². The van der Waals surface area contributed by atoms with Crippen LogP contribution in [0.15, 0.2) is 53.6 Å². The third-order valence-corrected chi connectivity index (χ3v) is 3.12. The smallest absolute Gasteiger partial charge is 0.0614 e. The third-order valence-electron chi connectivity index (χ3n) is 3.12. The molecule has 0 unspecified atom stereocenters. The Balaban J connectivity index is 2.28. The van der Waals surface area contributed by atoms with Crippen LogP contribution in [0, 0.1) is 0 Å². The van der Waals surface area contributed by atoms with Crippen molar-refractivity contribution in [1.82, 2.24) is 0 Å². The zero-order valence-corrected chi connectivity index (χ0v) is 11.5. The Bertz CT molecular complexity index is 387. The van der Waals surface area contributed by atoms with Crippen molar-refractivity contribution in [3.8, 4) is 0 Å². The van der Waals surface area contributed by atoms with Crippen molar-refractivity contribution in [3.63, 3.8) is 0 Å². The van der Waals surface area contributed by atoms with E-state index >= 15 is 0 Å². The SMILES string of the molecule is CC(=CCC/C(C)=C/CO)CCc1ccccc1. The zero-order chi connectivity index (χ0) is 13.2. The van der Waals surface area contributed by atoms with Crippen molar-refractivity contribution in [3.05, 3.63) is 59.2 Å². The standard InChI is InChI=1S/C17H24O/c1-15(7-6-8-16(2)13-14-18)11-12-17-9-4-3-5-10-17/h3-5,7,9-10,13,18H,6,8,11-12,14H2,1-2H3/b15-7?,16-13+. The fourth-order valence-electron chi connectivity index (χ4n) is 1.89. The van der Waals surface area contributed by atoms with Gasteiger partial charge >= 0.3 is 0 Å². The Morgan fingerprint density at radius 2 is 1.67 bits per heavy atom. The Morgan fingerprint density at radius 3 is 2.33 bits per heavy atom. The van der Waals surface area contributed by atoms with Gasteiger partial charge in [-0.3, -0.25) is 0 Å². The first kappa shape index (κ1) is 14.7. The molecule has 0 aliphatic heterocycles. The maximum atomic E-state index is 8.76. The quantitative estimate of drug-likeness (QED) is 0.710. The van der Waals surface area contributed by atoms with Gasteiger partial charge in [0.1, 0.15) is 0 Å². The van der Waals surface area contributed by atoms with E-state index in [0.29, 0.717) is 0 Å². The van der Waals surface area contributed by atoms with E-state index in [2.05, 4.69) is 50.3 Å². The van der Waals surface area contributed by atoms with Gasteiger partial charge in [0.25, 0.3) is 0 Å². The lowest BCUT2D eigenvalue weighted by molar-refractivity contribution is 0.341. The normalized spacial score (nSPS) is 12.8. The van der Waals surface area contributed by atoms with Gasteiger partial charge in [-0.2, -0.15) is 0 Å². The molecule has 0 radical (unpaired) electrons. The number of aliphatic hydroxyl groups excluding tert-OH is 1. The highest BCUT2D eigenvalue weighted by atomic mass is 16.2. The summed E-state index contributed by atoms with van der Waals surface area (Å²) in [7, 11) is 0. The van der Waals surface area contributed by atoms with Gasteiger partial charge in [-0.05, 0) is 45.1 Å². The lowest BCUT2D eigenvalue weighted by Gasteiger charge is -2.03. The number of rotatable bonds is 7. The van der Waals surface area contributed by atoms with Crippen LogP contribution in [-0.4, -0.2) is 11.7 Å². The fourth-order valence-corrected chi connectivity index (χ4v) is 1.89. The second-order valence-electron chi connectivity index (χ2n) is 4.81. The second-order valence-corrected chi connectivity index (χ2v) is 4.81. The zero-order valence-electron chi connectivity index (χ0n) is 11.5. The highest BCUT2D eigenvalue weighted by molar-refractivity contribution is 5.16. The molecular formula is C17H24O. The summed E-state index contributed by atoms with van der Waals surface area (Å²) in [5.41, 5.74) is 4.13. The van der Waals surface area contributed by atoms with Crippen molar-refractivity contribution in [1.29, 1.82) is 0 Å². The van der Waals surface area contributed by atoms with Gasteiger partial charge in [0, 0.05) is 0 Å². The highest BCUT2D eigenvalue weighted by Crippen LogP contribution is 2.11. The number of aryl methyl sites for hydroxylation is 1. The Kier molecular flexibility index (Phi) is 7.12. The van der Waals surface area contributed by atoms with Crippen LogP contribution in [0.1, 0.15) is 38.7 Å². The van der Waals surface area contributed by atoms with E-state index < -0.39 is 0 Å². The summed E-state index contributed by atoms with van der Waals surface area (Å²) < 4.78 is 0. The van der Waals surface area contributed by atoms with E-state index in [1.54, 1.807) is 0 Å². The second kappa shape index (κ2) is 8.71. The molecule has 0 saturated heterocycles.